The van der Waals surface area contributed by atoms with E-state index in [1.165, 1.54) is 7.11 Å². The molecule has 1 aliphatic heterocycles. The Kier molecular flexibility index (Phi) is 8.37. The number of esters is 1. The van der Waals surface area contributed by atoms with Gasteiger partial charge in [-0.3, -0.25) is 4.79 Å². The predicted molar refractivity (Wildman–Crippen MR) is 107 cm³/mol. The van der Waals surface area contributed by atoms with Gasteiger partial charge in [0.15, 0.2) is 0 Å². The predicted octanol–water partition coefficient (Wildman–Crippen LogP) is 3.84. The number of carbonyl (C=O) groups is 1. The lowest BCUT2D eigenvalue weighted by molar-refractivity contribution is -0.147. The lowest BCUT2D eigenvalue weighted by Gasteiger charge is -2.32. The monoisotopic (exact) mass is 367 g/mol. The molecule has 0 aromatic rings. The second-order valence-electron chi connectivity index (χ2n) is 8.65. The van der Waals surface area contributed by atoms with Crippen molar-refractivity contribution in [3.8, 4) is 0 Å². The Bertz CT molecular complexity index is 476. The highest BCUT2D eigenvalue weighted by molar-refractivity contribution is 6.45. The highest BCUT2D eigenvalue weighted by Gasteiger charge is 2.50. The van der Waals surface area contributed by atoms with Crippen molar-refractivity contribution in [3.63, 3.8) is 0 Å². The molecule has 0 aliphatic carbocycles. The average Bonchev–Trinajstić information content (AvgIpc) is 2.75. The summed E-state index contributed by atoms with van der Waals surface area (Å²) < 4.78 is 17.2. The van der Waals surface area contributed by atoms with Crippen molar-refractivity contribution in [2.45, 2.75) is 84.4 Å². The van der Waals surface area contributed by atoms with Crippen molar-refractivity contribution in [3.05, 3.63) is 12.2 Å². The summed E-state index contributed by atoms with van der Waals surface area (Å²) in [5, 5.41) is 3.37. The van der Waals surface area contributed by atoms with Crippen LogP contribution in [0.3, 0.4) is 0 Å². The summed E-state index contributed by atoms with van der Waals surface area (Å²) in [7, 11) is 3.20. The molecule has 1 aliphatic rings. The van der Waals surface area contributed by atoms with Gasteiger partial charge < -0.3 is 19.4 Å². The van der Waals surface area contributed by atoms with Crippen LogP contribution in [0.5, 0.6) is 0 Å². The van der Waals surface area contributed by atoms with E-state index in [-0.39, 0.29) is 42.2 Å². The highest BCUT2D eigenvalue weighted by atomic mass is 16.7. The normalized spacial score (nSPS) is 21.9. The molecular weight excluding hydrogens is 329 g/mol. The van der Waals surface area contributed by atoms with E-state index in [2.05, 4.69) is 39.6 Å². The van der Waals surface area contributed by atoms with Crippen LogP contribution in [-0.4, -0.2) is 44.5 Å². The number of hydrogen-bond donors (Lipinski definition) is 1. The first-order chi connectivity index (χ1) is 11.9. The number of ether oxygens (including phenoxy) is 1. The van der Waals surface area contributed by atoms with E-state index in [1.54, 1.807) is 0 Å². The molecule has 150 valence electrons. The van der Waals surface area contributed by atoms with Crippen LogP contribution in [0.25, 0.3) is 0 Å². The summed E-state index contributed by atoms with van der Waals surface area (Å²) in [5.74, 6) is -0.158. The van der Waals surface area contributed by atoms with Gasteiger partial charge in [-0.25, -0.2) is 0 Å². The molecule has 0 amide bonds. The molecule has 0 radical (unpaired) electrons. The fourth-order valence-corrected chi connectivity index (χ4v) is 3.61. The van der Waals surface area contributed by atoms with Gasteiger partial charge in [-0.15, -0.1) is 6.58 Å². The van der Waals surface area contributed by atoms with E-state index in [1.807, 2.05) is 20.9 Å². The summed E-state index contributed by atoms with van der Waals surface area (Å²) in [6.07, 6.45) is 3.50. The number of hydrogen-bond acceptors (Lipinski definition) is 5. The van der Waals surface area contributed by atoms with Crippen LogP contribution in [0.4, 0.5) is 0 Å². The Morgan fingerprint density at radius 1 is 1.23 bits per heavy atom. The molecule has 0 aromatic heterocycles. The second-order valence-corrected chi connectivity index (χ2v) is 8.65. The van der Waals surface area contributed by atoms with Crippen LogP contribution in [0, 0.1) is 11.8 Å². The van der Waals surface area contributed by atoms with E-state index >= 15 is 0 Å². The molecule has 0 aromatic carbocycles. The summed E-state index contributed by atoms with van der Waals surface area (Å²) in [4.78, 5) is 12.1. The molecule has 1 fully saturated rings. The number of carbonyl (C=O) groups excluding carboxylic acids is 1. The van der Waals surface area contributed by atoms with Gasteiger partial charge in [0.25, 0.3) is 0 Å². The molecule has 26 heavy (non-hydrogen) atoms. The maximum atomic E-state index is 12.1. The topological polar surface area (TPSA) is 56.8 Å². The SMILES string of the molecule is C=C(C)C[C@H](NC)[C@@H](CCCB1OC(C)(C)C(C)(C)O1)[C@H](C)C(=O)OC. The van der Waals surface area contributed by atoms with E-state index in [0.29, 0.717) is 0 Å². The molecule has 5 nitrogen and oxygen atoms in total. The number of methoxy groups -OCH3 is 1. The molecule has 0 saturated carbocycles. The second kappa shape index (κ2) is 9.38. The van der Waals surface area contributed by atoms with Crippen LogP contribution in [0.15, 0.2) is 12.2 Å². The van der Waals surface area contributed by atoms with Gasteiger partial charge in [-0.2, -0.15) is 0 Å². The summed E-state index contributed by atoms with van der Waals surface area (Å²) in [6, 6.07) is 0.194. The number of nitrogens with one attached hydrogen (secondary N) is 1. The van der Waals surface area contributed by atoms with Gasteiger partial charge in [0, 0.05) is 6.04 Å². The molecule has 6 heteroatoms. The van der Waals surface area contributed by atoms with Crippen molar-refractivity contribution in [2.24, 2.45) is 11.8 Å². The van der Waals surface area contributed by atoms with Gasteiger partial charge in [-0.1, -0.05) is 18.9 Å². The Balaban J connectivity index is 2.71. The van der Waals surface area contributed by atoms with E-state index in [9.17, 15) is 4.79 Å². The smallest absolute Gasteiger partial charge is 0.457 e. The van der Waals surface area contributed by atoms with Crippen LogP contribution < -0.4 is 5.32 Å². The van der Waals surface area contributed by atoms with Gasteiger partial charge in [0.2, 0.25) is 0 Å². The van der Waals surface area contributed by atoms with Crippen LogP contribution in [-0.2, 0) is 18.8 Å². The minimum absolute atomic E-state index is 0.160. The quantitative estimate of drug-likeness (QED) is 0.361. The molecule has 3 atom stereocenters. The van der Waals surface area contributed by atoms with Crippen molar-refractivity contribution in [1.29, 1.82) is 0 Å². The first kappa shape index (κ1) is 23.2. The third-order valence-electron chi connectivity index (χ3n) is 5.95. The average molecular weight is 367 g/mol. The van der Waals surface area contributed by atoms with E-state index in [4.69, 9.17) is 14.0 Å². The van der Waals surface area contributed by atoms with Crippen LogP contribution in [0.1, 0.15) is 60.8 Å². The maximum absolute atomic E-state index is 12.1. The summed E-state index contributed by atoms with van der Waals surface area (Å²) in [5.41, 5.74) is 0.505. The van der Waals surface area contributed by atoms with Gasteiger partial charge >= 0.3 is 13.1 Å². The third kappa shape index (κ3) is 5.83. The Morgan fingerprint density at radius 3 is 2.19 bits per heavy atom. The Hall–Kier alpha value is -0.845. The summed E-state index contributed by atoms with van der Waals surface area (Å²) in [6.45, 7) is 16.3. The third-order valence-corrected chi connectivity index (χ3v) is 5.95. The first-order valence-electron chi connectivity index (χ1n) is 9.70. The van der Waals surface area contributed by atoms with Gasteiger partial charge in [0.1, 0.15) is 0 Å². The van der Waals surface area contributed by atoms with Crippen molar-refractivity contribution in [1.82, 2.24) is 5.32 Å². The highest BCUT2D eigenvalue weighted by Crippen LogP contribution is 2.38. The molecule has 0 unspecified atom stereocenters. The minimum atomic E-state index is -0.302. The molecule has 0 bridgehead atoms. The zero-order valence-corrected chi connectivity index (χ0v) is 18.0. The largest absolute Gasteiger partial charge is 0.469 e. The van der Waals surface area contributed by atoms with E-state index < -0.39 is 0 Å². The van der Waals surface area contributed by atoms with Crippen LogP contribution in [0.2, 0.25) is 6.32 Å². The first-order valence-corrected chi connectivity index (χ1v) is 9.70. The van der Waals surface area contributed by atoms with Crippen molar-refractivity contribution >= 4 is 13.1 Å². The fraction of sp³-hybridized carbons (Fsp3) is 0.850. The lowest BCUT2D eigenvalue weighted by atomic mass is 9.76. The Labute approximate surface area is 160 Å². The number of rotatable bonds is 10. The van der Waals surface area contributed by atoms with E-state index in [0.717, 1.165) is 31.2 Å². The van der Waals surface area contributed by atoms with Gasteiger partial charge in [0.05, 0.1) is 24.2 Å². The Morgan fingerprint density at radius 2 is 1.77 bits per heavy atom. The molecule has 1 heterocycles. The zero-order chi connectivity index (χ0) is 20.1. The molecule has 1 rings (SSSR count). The maximum Gasteiger partial charge on any atom is 0.457 e. The minimum Gasteiger partial charge on any atom is -0.469 e. The molecule has 1 saturated heterocycles. The zero-order valence-electron chi connectivity index (χ0n) is 18.0. The van der Waals surface area contributed by atoms with Crippen molar-refractivity contribution in [2.75, 3.05) is 14.2 Å². The fourth-order valence-electron chi connectivity index (χ4n) is 3.61. The lowest BCUT2D eigenvalue weighted by Crippen LogP contribution is -2.41. The molecule has 1 N–H and O–H groups in total. The molecule has 0 spiro atoms. The standard InChI is InChI=1S/C20H38BNO4/c1-14(2)13-17(22-8)16(15(3)18(23)24-9)11-10-12-21-25-19(4,5)20(6,7)26-21/h15-17,22H,1,10-13H2,2-9H3/t15-,16-,17-/m0/s1. The van der Waals surface area contributed by atoms with Crippen LogP contribution >= 0.6 is 0 Å². The van der Waals surface area contributed by atoms with Gasteiger partial charge in [-0.05, 0) is 66.7 Å². The van der Waals surface area contributed by atoms with Crippen molar-refractivity contribution < 1.29 is 18.8 Å². The molecular formula is C20H38BNO4. The summed E-state index contributed by atoms with van der Waals surface area (Å²) >= 11 is 0.